The number of benzene rings is 2. The van der Waals surface area contributed by atoms with Crippen LogP contribution in [0.2, 0.25) is 0 Å². The number of furan rings is 1. The molecule has 31 heavy (non-hydrogen) atoms. The third-order valence-electron chi connectivity index (χ3n) is 4.73. The van der Waals surface area contributed by atoms with Crippen LogP contribution in [0.5, 0.6) is 0 Å². The Morgan fingerprint density at radius 3 is 2.26 bits per heavy atom. The quantitative estimate of drug-likeness (QED) is 0.423. The van der Waals surface area contributed by atoms with Crippen molar-refractivity contribution in [2.45, 2.75) is 0 Å². The summed E-state index contributed by atoms with van der Waals surface area (Å²) in [6, 6.07) is 22.8. The Bertz CT molecular complexity index is 1310. The molecule has 3 aromatic heterocycles. The first-order valence-corrected chi connectivity index (χ1v) is 9.56. The number of hydrogen-bond acceptors (Lipinski definition) is 6. The molecule has 0 fully saturated rings. The Morgan fingerprint density at radius 2 is 1.52 bits per heavy atom. The maximum absolute atomic E-state index is 12.7. The number of carbonyl (C=O) groups is 1. The molecule has 5 aromatic rings. The second-order valence-corrected chi connectivity index (χ2v) is 6.74. The highest BCUT2D eigenvalue weighted by Gasteiger charge is 2.14. The fourth-order valence-electron chi connectivity index (χ4n) is 3.18. The number of hydrogen-bond donors (Lipinski definition) is 1. The van der Waals surface area contributed by atoms with E-state index in [4.69, 9.17) is 8.83 Å². The SMILES string of the molecule is O=C(Nc1nnc(-c2ccco2)o1)c1cccc(-c2ccc(-c3ccncc3)cc2)c1. The van der Waals surface area contributed by atoms with Crippen LogP contribution in [0.25, 0.3) is 33.9 Å². The summed E-state index contributed by atoms with van der Waals surface area (Å²) in [5.74, 6) is 0.290. The van der Waals surface area contributed by atoms with E-state index in [2.05, 4.69) is 20.5 Å². The van der Waals surface area contributed by atoms with Crippen molar-refractivity contribution in [2.24, 2.45) is 0 Å². The molecule has 3 heterocycles. The summed E-state index contributed by atoms with van der Waals surface area (Å²) in [7, 11) is 0. The molecule has 0 aliphatic rings. The van der Waals surface area contributed by atoms with Gasteiger partial charge in [0.2, 0.25) is 0 Å². The molecule has 150 valence electrons. The van der Waals surface area contributed by atoms with E-state index in [1.54, 1.807) is 30.6 Å². The fourth-order valence-corrected chi connectivity index (χ4v) is 3.18. The molecule has 0 radical (unpaired) electrons. The standard InChI is InChI=1S/C24H16N4O3/c29-22(26-24-28-27-23(31-24)21-5-2-14-30-21)20-4-1-3-19(15-20)17-8-6-16(7-9-17)18-10-12-25-13-11-18/h1-15H,(H,26,28,29). The highest BCUT2D eigenvalue weighted by Crippen LogP contribution is 2.26. The van der Waals surface area contributed by atoms with Gasteiger partial charge in [-0.05, 0) is 58.7 Å². The summed E-state index contributed by atoms with van der Waals surface area (Å²) in [6.45, 7) is 0. The predicted molar refractivity (Wildman–Crippen MR) is 115 cm³/mol. The number of amides is 1. The van der Waals surface area contributed by atoms with Crippen molar-refractivity contribution in [2.75, 3.05) is 5.32 Å². The highest BCUT2D eigenvalue weighted by molar-refractivity contribution is 6.03. The van der Waals surface area contributed by atoms with Gasteiger partial charge in [0.1, 0.15) is 0 Å². The van der Waals surface area contributed by atoms with Gasteiger partial charge in [-0.2, -0.15) is 0 Å². The van der Waals surface area contributed by atoms with Crippen molar-refractivity contribution in [3.63, 3.8) is 0 Å². The molecule has 2 aromatic carbocycles. The van der Waals surface area contributed by atoms with Crippen molar-refractivity contribution in [3.05, 3.63) is 97.0 Å². The van der Waals surface area contributed by atoms with Crippen molar-refractivity contribution < 1.29 is 13.6 Å². The van der Waals surface area contributed by atoms with Gasteiger partial charge in [0, 0.05) is 18.0 Å². The fraction of sp³-hybridized carbons (Fsp3) is 0. The number of pyridine rings is 1. The molecule has 0 saturated heterocycles. The van der Waals surface area contributed by atoms with Crippen molar-refractivity contribution in [3.8, 4) is 33.9 Å². The third kappa shape index (κ3) is 3.97. The van der Waals surface area contributed by atoms with Crippen LogP contribution < -0.4 is 5.32 Å². The smallest absolute Gasteiger partial charge is 0.322 e. The van der Waals surface area contributed by atoms with Crippen LogP contribution in [0, 0.1) is 0 Å². The second kappa shape index (κ2) is 8.08. The van der Waals surface area contributed by atoms with Gasteiger partial charge in [0.15, 0.2) is 5.76 Å². The number of carbonyl (C=O) groups excluding carboxylic acids is 1. The maximum atomic E-state index is 12.7. The number of anilines is 1. The predicted octanol–water partition coefficient (Wildman–Crippen LogP) is 5.31. The molecule has 0 spiro atoms. The van der Waals surface area contributed by atoms with Crippen LogP contribution in [-0.2, 0) is 0 Å². The molecule has 7 nitrogen and oxygen atoms in total. The normalized spacial score (nSPS) is 10.7. The zero-order valence-corrected chi connectivity index (χ0v) is 16.2. The number of nitrogens with zero attached hydrogens (tertiary/aromatic N) is 3. The molecule has 0 aliphatic carbocycles. The van der Waals surface area contributed by atoms with E-state index in [-0.39, 0.29) is 17.8 Å². The number of rotatable bonds is 5. The lowest BCUT2D eigenvalue weighted by atomic mass is 9.99. The van der Waals surface area contributed by atoms with Crippen molar-refractivity contribution in [1.82, 2.24) is 15.2 Å². The van der Waals surface area contributed by atoms with Crippen LogP contribution in [0.3, 0.4) is 0 Å². The first kappa shape index (κ1) is 18.5. The second-order valence-electron chi connectivity index (χ2n) is 6.74. The molecule has 5 rings (SSSR count). The molecule has 1 N–H and O–H groups in total. The molecule has 0 bridgehead atoms. The lowest BCUT2D eigenvalue weighted by Gasteiger charge is -2.07. The summed E-state index contributed by atoms with van der Waals surface area (Å²) in [5, 5.41) is 10.3. The first-order valence-electron chi connectivity index (χ1n) is 9.56. The number of nitrogens with one attached hydrogen (secondary N) is 1. The van der Waals surface area contributed by atoms with Gasteiger partial charge in [-0.15, -0.1) is 5.10 Å². The largest absolute Gasteiger partial charge is 0.459 e. The molecule has 0 saturated carbocycles. The van der Waals surface area contributed by atoms with Gasteiger partial charge < -0.3 is 8.83 Å². The van der Waals surface area contributed by atoms with Gasteiger partial charge in [-0.3, -0.25) is 15.1 Å². The molecule has 0 aliphatic heterocycles. The van der Waals surface area contributed by atoms with Crippen LogP contribution in [0.4, 0.5) is 6.01 Å². The van der Waals surface area contributed by atoms with E-state index in [1.807, 2.05) is 54.6 Å². The molecule has 0 atom stereocenters. The minimum Gasteiger partial charge on any atom is -0.459 e. The monoisotopic (exact) mass is 408 g/mol. The Balaban J connectivity index is 1.33. The molecule has 7 heteroatoms. The summed E-state index contributed by atoms with van der Waals surface area (Å²) in [5.41, 5.74) is 4.61. The zero-order valence-electron chi connectivity index (χ0n) is 16.2. The summed E-state index contributed by atoms with van der Waals surface area (Å²) in [6.07, 6.45) is 5.05. The zero-order chi connectivity index (χ0) is 21.0. The topological polar surface area (TPSA) is 94.1 Å². The molecule has 0 unspecified atom stereocenters. The highest BCUT2D eigenvalue weighted by atomic mass is 16.4. The van der Waals surface area contributed by atoms with E-state index in [0.717, 1.165) is 22.3 Å². The Hall–Kier alpha value is -4.52. The van der Waals surface area contributed by atoms with Crippen LogP contribution >= 0.6 is 0 Å². The lowest BCUT2D eigenvalue weighted by molar-refractivity contribution is 0.102. The van der Waals surface area contributed by atoms with Gasteiger partial charge in [-0.25, -0.2) is 0 Å². The van der Waals surface area contributed by atoms with Gasteiger partial charge in [0.05, 0.1) is 6.26 Å². The maximum Gasteiger partial charge on any atom is 0.322 e. The van der Waals surface area contributed by atoms with Crippen LogP contribution in [0.1, 0.15) is 10.4 Å². The molecular formula is C24H16N4O3. The lowest BCUT2D eigenvalue weighted by Crippen LogP contribution is -2.12. The average molecular weight is 408 g/mol. The van der Waals surface area contributed by atoms with Gasteiger partial charge in [-0.1, -0.05) is 41.5 Å². The summed E-state index contributed by atoms with van der Waals surface area (Å²) < 4.78 is 10.6. The van der Waals surface area contributed by atoms with Crippen LogP contribution in [0.15, 0.2) is 100 Å². The Morgan fingerprint density at radius 1 is 0.774 bits per heavy atom. The summed E-state index contributed by atoms with van der Waals surface area (Å²) in [4.78, 5) is 16.7. The third-order valence-corrected chi connectivity index (χ3v) is 4.73. The first-order chi connectivity index (χ1) is 15.3. The van der Waals surface area contributed by atoms with E-state index < -0.39 is 0 Å². The molecule has 1 amide bonds. The van der Waals surface area contributed by atoms with Gasteiger partial charge >= 0.3 is 6.01 Å². The van der Waals surface area contributed by atoms with Crippen molar-refractivity contribution in [1.29, 1.82) is 0 Å². The Labute approximate surface area is 177 Å². The van der Waals surface area contributed by atoms with Crippen LogP contribution in [-0.4, -0.2) is 21.1 Å². The molecular weight excluding hydrogens is 392 g/mol. The minimum atomic E-state index is -0.343. The van der Waals surface area contributed by atoms with E-state index in [0.29, 0.717) is 11.3 Å². The van der Waals surface area contributed by atoms with Gasteiger partial charge in [0.25, 0.3) is 11.8 Å². The average Bonchev–Trinajstić information content (AvgIpc) is 3.52. The van der Waals surface area contributed by atoms with E-state index >= 15 is 0 Å². The van der Waals surface area contributed by atoms with E-state index in [1.165, 1.54) is 6.26 Å². The van der Waals surface area contributed by atoms with E-state index in [9.17, 15) is 4.79 Å². The number of aromatic nitrogens is 3. The Kier molecular flexibility index (Phi) is 4.82. The van der Waals surface area contributed by atoms with Crippen molar-refractivity contribution >= 4 is 11.9 Å². The minimum absolute atomic E-state index is 0.00325. The summed E-state index contributed by atoms with van der Waals surface area (Å²) >= 11 is 0.